The summed E-state index contributed by atoms with van der Waals surface area (Å²) < 4.78 is 5.09. The van der Waals surface area contributed by atoms with Gasteiger partial charge in [-0.2, -0.15) is 0 Å². The zero-order valence-corrected chi connectivity index (χ0v) is 14.7. The van der Waals surface area contributed by atoms with E-state index in [2.05, 4.69) is 10.3 Å². The molecule has 2 aromatic carbocycles. The van der Waals surface area contributed by atoms with Crippen molar-refractivity contribution < 1.29 is 19.2 Å². The van der Waals surface area contributed by atoms with Crippen LogP contribution in [0.15, 0.2) is 48.7 Å². The number of ketones is 1. The second-order valence-electron chi connectivity index (χ2n) is 5.99. The van der Waals surface area contributed by atoms with Crippen LogP contribution in [0.4, 0.5) is 5.69 Å². The second-order valence-corrected chi connectivity index (χ2v) is 5.99. The molecule has 1 heterocycles. The molecule has 0 fully saturated rings. The molecule has 0 aliphatic carbocycles. The molecule has 0 spiro atoms. The van der Waals surface area contributed by atoms with Crippen LogP contribution in [0.2, 0.25) is 0 Å². The smallest absolute Gasteiger partial charge is 0.292 e. The van der Waals surface area contributed by atoms with E-state index in [-0.39, 0.29) is 11.3 Å². The van der Waals surface area contributed by atoms with E-state index in [0.717, 1.165) is 5.56 Å². The van der Waals surface area contributed by atoms with E-state index < -0.39 is 22.7 Å². The number of aromatic amines is 1. The number of Topliss-reactive ketones (excluding diaryl/α,β-unsaturated/α-hetero) is 1. The molecule has 0 aliphatic rings. The van der Waals surface area contributed by atoms with Crippen molar-refractivity contribution in [2.24, 2.45) is 0 Å². The van der Waals surface area contributed by atoms with Gasteiger partial charge in [0.15, 0.2) is 0 Å². The van der Waals surface area contributed by atoms with Gasteiger partial charge in [0.1, 0.15) is 5.75 Å². The second kappa shape index (κ2) is 7.28. The number of aromatic nitrogens is 1. The summed E-state index contributed by atoms with van der Waals surface area (Å²) in [5.41, 5.74) is 1.29. The Morgan fingerprint density at radius 3 is 2.52 bits per heavy atom. The molecule has 8 nitrogen and oxygen atoms in total. The summed E-state index contributed by atoms with van der Waals surface area (Å²) in [7, 11) is 1.56. The highest BCUT2D eigenvalue weighted by atomic mass is 16.6. The van der Waals surface area contributed by atoms with Gasteiger partial charge in [0.25, 0.3) is 17.4 Å². The number of hydrogen-bond donors (Lipinski definition) is 2. The van der Waals surface area contributed by atoms with Crippen LogP contribution in [0.25, 0.3) is 10.9 Å². The van der Waals surface area contributed by atoms with Gasteiger partial charge >= 0.3 is 0 Å². The zero-order chi connectivity index (χ0) is 19.6. The average molecular weight is 367 g/mol. The van der Waals surface area contributed by atoms with Crippen LogP contribution in [0.3, 0.4) is 0 Å². The first-order chi connectivity index (χ1) is 12.9. The Morgan fingerprint density at radius 1 is 1.19 bits per heavy atom. The third kappa shape index (κ3) is 3.64. The van der Waals surface area contributed by atoms with Gasteiger partial charge in [0.2, 0.25) is 0 Å². The van der Waals surface area contributed by atoms with Gasteiger partial charge in [-0.1, -0.05) is 12.1 Å². The monoisotopic (exact) mass is 367 g/mol. The van der Waals surface area contributed by atoms with Crippen molar-refractivity contribution in [3.8, 4) is 5.75 Å². The Labute approximate surface area is 154 Å². The van der Waals surface area contributed by atoms with Gasteiger partial charge in [0.05, 0.1) is 23.6 Å². The first kappa shape index (κ1) is 18.1. The molecule has 2 N–H and O–H groups in total. The molecule has 1 aromatic heterocycles. The van der Waals surface area contributed by atoms with Crippen molar-refractivity contribution in [1.82, 2.24) is 10.3 Å². The number of fused-ring (bicyclic) bond motifs is 1. The Morgan fingerprint density at radius 2 is 1.89 bits per heavy atom. The number of ether oxygens (including phenoxy) is 1. The molecule has 0 aliphatic heterocycles. The number of nitrogens with zero attached hydrogens (tertiary/aromatic N) is 1. The van der Waals surface area contributed by atoms with Crippen LogP contribution < -0.4 is 10.1 Å². The summed E-state index contributed by atoms with van der Waals surface area (Å²) in [6, 6.07) is 10.8. The zero-order valence-electron chi connectivity index (χ0n) is 14.7. The topological polar surface area (TPSA) is 114 Å². The number of methoxy groups -OCH3 is 1. The van der Waals surface area contributed by atoms with Gasteiger partial charge in [-0.15, -0.1) is 0 Å². The minimum atomic E-state index is -0.786. The largest absolute Gasteiger partial charge is 0.497 e. The molecule has 1 atom stereocenters. The molecule has 27 heavy (non-hydrogen) atoms. The standard InChI is InChI=1S/C19H17N3O5/c1-11(12-3-6-14(27-2)7-4-12)21-19(24)18(23)16-10-20-17-8-5-13(22(25)26)9-15(16)17/h3-11,20H,1-2H3,(H,21,24)/t11-/m1/s1. The lowest BCUT2D eigenvalue weighted by Crippen LogP contribution is -2.33. The van der Waals surface area contributed by atoms with Crippen molar-refractivity contribution in [2.75, 3.05) is 7.11 Å². The lowest BCUT2D eigenvalue weighted by atomic mass is 10.1. The quantitative estimate of drug-likeness (QED) is 0.301. The Bertz CT molecular complexity index is 1020. The van der Waals surface area contributed by atoms with Gasteiger partial charge in [-0.3, -0.25) is 19.7 Å². The number of rotatable bonds is 6. The van der Waals surface area contributed by atoms with E-state index in [1.807, 2.05) is 0 Å². The van der Waals surface area contributed by atoms with E-state index in [4.69, 9.17) is 4.74 Å². The molecule has 3 rings (SSSR count). The van der Waals surface area contributed by atoms with Crippen molar-refractivity contribution in [3.63, 3.8) is 0 Å². The lowest BCUT2D eigenvalue weighted by molar-refractivity contribution is -0.384. The molecular weight excluding hydrogens is 350 g/mol. The van der Waals surface area contributed by atoms with Crippen LogP contribution in [-0.2, 0) is 4.79 Å². The number of benzene rings is 2. The molecule has 1 amide bonds. The maximum atomic E-state index is 12.5. The molecule has 8 heteroatoms. The number of H-pyrrole nitrogens is 1. The van der Waals surface area contributed by atoms with Crippen LogP contribution >= 0.6 is 0 Å². The summed E-state index contributed by atoms with van der Waals surface area (Å²) in [6.07, 6.45) is 1.38. The molecule has 138 valence electrons. The minimum Gasteiger partial charge on any atom is -0.497 e. The van der Waals surface area contributed by atoms with Crippen molar-refractivity contribution in [3.05, 3.63) is 69.9 Å². The summed E-state index contributed by atoms with van der Waals surface area (Å²) >= 11 is 0. The fourth-order valence-corrected chi connectivity index (χ4v) is 2.77. The number of nitrogens with one attached hydrogen (secondary N) is 2. The number of carbonyl (C=O) groups excluding carboxylic acids is 2. The SMILES string of the molecule is COc1ccc([C@@H](C)NC(=O)C(=O)c2c[nH]c3ccc([N+](=O)[O-])cc23)cc1. The van der Waals surface area contributed by atoms with E-state index in [1.54, 1.807) is 38.3 Å². The van der Waals surface area contributed by atoms with Crippen LogP contribution in [0.1, 0.15) is 28.9 Å². The first-order valence-electron chi connectivity index (χ1n) is 8.15. The van der Waals surface area contributed by atoms with Crippen LogP contribution in [-0.4, -0.2) is 28.7 Å². The minimum absolute atomic E-state index is 0.0909. The Balaban J connectivity index is 1.80. The highest BCUT2D eigenvalue weighted by molar-refractivity contribution is 6.45. The number of non-ortho nitro benzene ring substituents is 1. The Hall–Kier alpha value is -3.68. The number of nitro benzene ring substituents is 1. The maximum absolute atomic E-state index is 12.5. The van der Waals surface area contributed by atoms with Crippen LogP contribution in [0.5, 0.6) is 5.75 Å². The third-order valence-corrected chi connectivity index (χ3v) is 4.29. The van der Waals surface area contributed by atoms with Gasteiger partial charge in [-0.05, 0) is 30.7 Å². The molecule has 0 saturated heterocycles. The summed E-state index contributed by atoms with van der Waals surface area (Å²) in [6.45, 7) is 1.76. The van der Waals surface area contributed by atoms with Crippen molar-refractivity contribution in [2.45, 2.75) is 13.0 Å². The first-order valence-corrected chi connectivity index (χ1v) is 8.15. The number of nitro groups is 1. The summed E-state index contributed by atoms with van der Waals surface area (Å²) in [5, 5.41) is 13.9. The summed E-state index contributed by atoms with van der Waals surface area (Å²) in [5.74, 6) is -0.860. The molecule has 3 aromatic rings. The van der Waals surface area contributed by atoms with Gasteiger partial charge in [-0.25, -0.2) is 0 Å². The number of carbonyl (C=O) groups is 2. The van der Waals surface area contributed by atoms with E-state index >= 15 is 0 Å². The van der Waals surface area contributed by atoms with Crippen molar-refractivity contribution >= 4 is 28.3 Å². The number of hydrogen-bond acceptors (Lipinski definition) is 5. The van der Waals surface area contributed by atoms with E-state index in [1.165, 1.54) is 24.4 Å². The fourth-order valence-electron chi connectivity index (χ4n) is 2.77. The molecular formula is C19H17N3O5. The molecule has 0 radical (unpaired) electrons. The van der Waals surface area contributed by atoms with Crippen molar-refractivity contribution in [1.29, 1.82) is 0 Å². The molecule has 0 bridgehead atoms. The number of amides is 1. The maximum Gasteiger partial charge on any atom is 0.292 e. The van der Waals surface area contributed by atoms with E-state index in [9.17, 15) is 19.7 Å². The molecule has 0 saturated carbocycles. The predicted molar refractivity (Wildman–Crippen MR) is 98.8 cm³/mol. The van der Waals surface area contributed by atoms with Gasteiger partial charge in [0, 0.05) is 29.2 Å². The Kier molecular flexibility index (Phi) is 4.89. The highest BCUT2D eigenvalue weighted by Crippen LogP contribution is 2.24. The normalized spacial score (nSPS) is 11.8. The van der Waals surface area contributed by atoms with Crippen LogP contribution in [0, 0.1) is 10.1 Å². The van der Waals surface area contributed by atoms with Gasteiger partial charge < -0.3 is 15.0 Å². The van der Waals surface area contributed by atoms with E-state index in [0.29, 0.717) is 16.7 Å². The average Bonchev–Trinajstić information content (AvgIpc) is 3.10. The predicted octanol–water partition coefficient (Wildman–Crippen LogP) is 3.14. The lowest BCUT2D eigenvalue weighted by Gasteiger charge is -2.14. The fraction of sp³-hybridized carbons (Fsp3) is 0.158. The molecule has 0 unspecified atom stereocenters. The highest BCUT2D eigenvalue weighted by Gasteiger charge is 2.23. The summed E-state index contributed by atoms with van der Waals surface area (Å²) in [4.78, 5) is 38.2. The third-order valence-electron chi connectivity index (χ3n) is 4.29.